The maximum Gasteiger partial charge on any atom is 0.267 e. The number of rotatable bonds is 8. The summed E-state index contributed by atoms with van der Waals surface area (Å²) in [5.41, 5.74) is 5.00. The zero-order valence-electron chi connectivity index (χ0n) is 20.3. The highest BCUT2D eigenvalue weighted by molar-refractivity contribution is 5.94. The number of carbonyl (C=O) groups is 1. The molecule has 4 rings (SSSR count). The van der Waals surface area contributed by atoms with Crippen molar-refractivity contribution in [2.24, 2.45) is 0 Å². The Hall–Kier alpha value is -3.25. The lowest BCUT2D eigenvalue weighted by Crippen LogP contribution is -2.25. The van der Waals surface area contributed by atoms with Crippen molar-refractivity contribution >= 4 is 5.91 Å². The van der Waals surface area contributed by atoms with Gasteiger partial charge in [0.2, 0.25) is 0 Å². The van der Waals surface area contributed by atoms with Crippen molar-refractivity contribution in [3.63, 3.8) is 0 Å². The number of aromatic nitrogens is 1. The number of aromatic hydroxyl groups is 2. The van der Waals surface area contributed by atoms with Gasteiger partial charge in [0.25, 0.3) is 5.91 Å². The third-order valence-electron chi connectivity index (χ3n) is 6.56. The predicted molar refractivity (Wildman–Crippen MR) is 135 cm³/mol. The molecule has 0 saturated carbocycles. The van der Waals surface area contributed by atoms with Crippen LogP contribution in [0.2, 0.25) is 0 Å². The lowest BCUT2D eigenvalue weighted by Gasteiger charge is -2.18. The summed E-state index contributed by atoms with van der Waals surface area (Å²) in [4.78, 5) is 15.3. The zero-order valence-corrected chi connectivity index (χ0v) is 20.3. The second kappa shape index (κ2) is 10.3. The Kier molecular flexibility index (Phi) is 7.27. The molecule has 1 aliphatic rings. The zero-order chi connectivity index (χ0) is 24.2. The lowest BCUT2D eigenvalue weighted by atomic mass is 9.97. The maximum absolute atomic E-state index is 12.8. The van der Waals surface area contributed by atoms with Crippen LogP contribution in [0.25, 0.3) is 11.3 Å². The van der Waals surface area contributed by atoms with Crippen LogP contribution in [0.1, 0.15) is 66.7 Å². The van der Waals surface area contributed by atoms with E-state index in [0.717, 1.165) is 23.4 Å². The monoisotopic (exact) mass is 461 g/mol. The van der Waals surface area contributed by atoms with E-state index in [4.69, 9.17) is 0 Å². The number of likely N-dealkylation sites (tertiary alicyclic amines) is 1. The molecule has 6 nitrogen and oxygen atoms in total. The van der Waals surface area contributed by atoms with Crippen molar-refractivity contribution in [1.29, 1.82) is 0 Å². The fraction of sp³-hybridized carbons (Fsp3) is 0.393. The molecule has 34 heavy (non-hydrogen) atoms. The molecule has 0 aliphatic carbocycles. The van der Waals surface area contributed by atoms with Gasteiger partial charge in [0.15, 0.2) is 0 Å². The first-order valence-corrected chi connectivity index (χ1v) is 12.2. The molecular weight excluding hydrogens is 426 g/mol. The summed E-state index contributed by atoms with van der Waals surface area (Å²) in [5, 5.41) is 23.9. The van der Waals surface area contributed by atoms with Crippen LogP contribution < -0.4 is 5.32 Å². The minimum absolute atomic E-state index is 0.00957. The summed E-state index contributed by atoms with van der Waals surface area (Å²) in [6, 6.07) is 15.4. The van der Waals surface area contributed by atoms with E-state index in [1.807, 2.05) is 37.5 Å². The van der Waals surface area contributed by atoms with E-state index in [0.29, 0.717) is 24.3 Å². The molecular formula is C28H35N3O3. The van der Waals surface area contributed by atoms with Crippen LogP contribution in [0.15, 0.2) is 48.5 Å². The van der Waals surface area contributed by atoms with Gasteiger partial charge in [-0.3, -0.25) is 9.69 Å². The van der Waals surface area contributed by atoms with Crippen LogP contribution in [0.4, 0.5) is 0 Å². The van der Waals surface area contributed by atoms with Crippen LogP contribution in [-0.4, -0.2) is 45.2 Å². The van der Waals surface area contributed by atoms with Crippen LogP contribution in [0.3, 0.4) is 0 Å². The summed E-state index contributed by atoms with van der Waals surface area (Å²) in [5.74, 6) is 0.00656. The molecule has 0 radical (unpaired) electrons. The minimum Gasteiger partial charge on any atom is -0.508 e. The van der Waals surface area contributed by atoms with Gasteiger partial charge in [-0.05, 0) is 73.7 Å². The van der Waals surface area contributed by atoms with Gasteiger partial charge in [-0.2, -0.15) is 0 Å². The number of benzene rings is 2. The number of nitrogens with zero attached hydrogens (tertiary/aromatic N) is 2. The minimum atomic E-state index is -0.151. The van der Waals surface area contributed by atoms with Crippen LogP contribution in [0, 0.1) is 0 Å². The Bertz CT molecular complexity index is 1140. The average molecular weight is 462 g/mol. The fourth-order valence-corrected chi connectivity index (χ4v) is 4.72. The molecule has 3 N–H and O–H groups in total. The van der Waals surface area contributed by atoms with Crippen molar-refractivity contribution in [2.75, 3.05) is 19.6 Å². The van der Waals surface area contributed by atoms with Gasteiger partial charge in [0.05, 0.1) is 5.69 Å². The van der Waals surface area contributed by atoms with E-state index in [2.05, 4.69) is 34.5 Å². The highest BCUT2D eigenvalue weighted by Crippen LogP contribution is 2.38. The number of phenolic OH excluding ortho intramolecular Hbond substituents is 2. The summed E-state index contributed by atoms with van der Waals surface area (Å²) in [6.45, 7) is 10.2. The first-order chi connectivity index (χ1) is 16.4. The van der Waals surface area contributed by atoms with Crippen molar-refractivity contribution in [1.82, 2.24) is 14.8 Å². The first-order valence-electron chi connectivity index (χ1n) is 12.2. The second-order valence-corrected chi connectivity index (χ2v) is 9.43. The molecule has 1 aromatic heterocycles. The predicted octanol–water partition coefficient (Wildman–Crippen LogP) is 5.08. The lowest BCUT2D eigenvalue weighted by molar-refractivity contribution is 0.0947. The van der Waals surface area contributed by atoms with Crippen molar-refractivity contribution in [3.05, 3.63) is 70.9 Å². The highest BCUT2D eigenvalue weighted by atomic mass is 16.3. The summed E-state index contributed by atoms with van der Waals surface area (Å²) < 4.78 is 1.94. The van der Waals surface area contributed by atoms with E-state index in [9.17, 15) is 15.0 Å². The molecule has 0 unspecified atom stereocenters. The molecule has 1 fully saturated rings. The molecule has 0 bridgehead atoms. The first kappa shape index (κ1) is 23.9. The molecule has 3 aromatic rings. The van der Waals surface area contributed by atoms with E-state index in [1.54, 1.807) is 6.07 Å². The van der Waals surface area contributed by atoms with E-state index < -0.39 is 0 Å². The van der Waals surface area contributed by atoms with Gasteiger partial charge in [-0.15, -0.1) is 0 Å². The second-order valence-electron chi connectivity index (χ2n) is 9.43. The number of carbonyl (C=O) groups excluding carboxylic acids is 1. The molecule has 1 saturated heterocycles. The largest absolute Gasteiger partial charge is 0.508 e. The Morgan fingerprint density at radius 3 is 2.21 bits per heavy atom. The molecule has 1 amide bonds. The fourth-order valence-electron chi connectivity index (χ4n) is 4.72. The van der Waals surface area contributed by atoms with Gasteiger partial charge in [-0.1, -0.05) is 38.1 Å². The van der Waals surface area contributed by atoms with Gasteiger partial charge in [0.1, 0.15) is 17.2 Å². The number of amides is 1. The third kappa shape index (κ3) is 5.12. The third-order valence-corrected chi connectivity index (χ3v) is 6.56. The molecule has 180 valence electrons. The normalized spacial score (nSPS) is 14.1. The van der Waals surface area contributed by atoms with Gasteiger partial charge >= 0.3 is 0 Å². The molecule has 2 heterocycles. The smallest absolute Gasteiger partial charge is 0.267 e. The van der Waals surface area contributed by atoms with Crippen molar-refractivity contribution < 1.29 is 15.0 Å². The Balaban J connectivity index is 1.69. The molecule has 0 spiro atoms. The van der Waals surface area contributed by atoms with E-state index in [-0.39, 0.29) is 23.3 Å². The van der Waals surface area contributed by atoms with Gasteiger partial charge in [0, 0.05) is 31.3 Å². The quantitative estimate of drug-likeness (QED) is 0.437. The highest BCUT2D eigenvalue weighted by Gasteiger charge is 2.20. The Morgan fingerprint density at radius 2 is 1.59 bits per heavy atom. The summed E-state index contributed by atoms with van der Waals surface area (Å²) >= 11 is 0. The molecule has 1 aliphatic heterocycles. The van der Waals surface area contributed by atoms with Crippen LogP contribution in [0.5, 0.6) is 11.5 Å². The number of nitrogens with one attached hydrogen (secondary N) is 1. The topological polar surface area (TPSA) is 77.7 Å². The van der Waals surface area contributed by atoms with E-state index in [1.165, 1.54) is 37.6 Å². The van der Waals surface area contributed by atoms with Crippen molar-refractivity contribution in [3.8, 4) is 22.8 Å². The SMILES string of the molecule is CCNC(=O)c1ccc(-c2cc(C(C)C)c(O)cc2O)n1Cc1ccc(CN2CCCC2)cc1. The van der Waals surface area contributed by atoms with Gasteiger partial charge in [-0.25, -0.2) is 0 Å². The summed E-state index contributed by atoms with van der Waals surface area (Å²) in [7, 11) is 0. The van der Waals surface area contributed by atoms with Crippen LogP contribution >= 0.6 is 0 Å². The Labute approximate surface area is 201 Å². The molecule has 2 aromatic carbocycles. The van der Waals surface area contributed by atoms with Gasteiger partial charge < -0.3 is 20.1 Å². The average Bonchev–Trinajstić information content (AvgIpc) is 3.45. The number of hydrogen-bond acceptors (Lipinski definition) is 4. The van der Waals surface area contributed by atoms with E-state index >= 15 is 0 Å². The number of hydrogen-bond donors (Lipinski definition) is 3. The van der Waals surface area contributed by atoms with Crippen molar-refractivity contribution in [2.45, 2.75) is 52.6 Å². The Morgan fingerprint density at radius 1 is 0.941 bits per heavy atom. The van der Waals surface area contributed by atoms with Crippen LogP contribution in [-0.2, 0) is 13.1 Å². The molecule has 0 atom stereocenters. The molecule has 6 heteroatoms. The summed E-state index contributed by atoms with van der Waals surface area (Å²) in [6.07, 6.45) is 2.56. The maximum atomic E-state index is 12.8. The number of phenols is 2. The standard InChI is InChI=1S/C28H35N3O3/c1-4-29-28(34)25-12-11-24(23-15-22(19(2)3)26(32)16-27(23)33)31(25)18-21-9-7-20(8-10-21)17-30-13-5-6-14-30/h7-12,15-16,19,32-33H,4-6,13-14,17-18H2,1-3H3,(H,29,34).